The van der Waals surface area contributed by atoms with Crippen LogP contribution >= 0.6 is 8.53 Å². The summed E-state index contributed by atoms with van der Waals surface area (Å²) in [5, 5.41) is 16.5. The van der Waals surface area contributed by atoms with Gasteiger partial charge in [-0.3, -0.25) is 0 Å². The molecular weight excluding hydrogens is 523 g/mol. The Labute approximate surface area is 245 Å². The Bertz CT molecular complexity index is 1690. The van der Waals surface area contributed by atoms with E-state index in [0.29, 0.717) is 31.7 Å². The molecule has 0 aromatic heterocycles. The summed E-state index contributed by atoms with van der Waals surface area (Å²) >= 11 is 0. The summed E-state index contributed by atoms with van der Waals surface area (Å²) in [5.74, 6) is 6.83. The topological polar surface area (TPSA) is 45.5 Å². The van der Waals surface area contributed by atoms with Gasteiger partial charge in [-0.2, -0.15) is 5.26 Å². The maximum absolute atomic E-state index is 8.90. The van der Waals surface area contributed by atoms with Gasteiger partial charge < -0.3 is 9.05 Å². The lowest BCUT2D eigenvalue weighted by Gasteiger charge is -2.35. The maximum Gasteiger partial charge on any atom is 0.259 e. The zero-order valence-corrected chi connectivity index (χ0v) is 25.2. The van der Waals surface area contributed by atoms with Crippen LogP contribution in [0, 0.1) is 23.2 Å². The van der Waals surface area contributed by atoms with Crippen LogP contribution in [0.15, 0.2) is 78.9 Å². The van der Waals surface area contributed by atoms with Crippen molar-refractivity contribution in [3.8, 4) is 17.9 Å². The minimum atomic E-state index is -1.19. The van der Waals surface area contributed by atoms with E-state index >= 15 is 0 Å². The molecule has 0 saturated heterocycles. The first kappa shape index (κ1) is 29.0. The summed E-state index contributed by atoms with van der Waals surface area (Å²) in [6, 6.07) is 30.9. The van der Waals surface area contributed by atoms with Crippen molar-refractivity contribution in [3.05, 3.63) is 95.6 Å². The Morgan fingerprint density at radius 2 is 1.37 bits per heavy atom. The second kappa shape index (κ2) is 13.4. The Kier molecular flexibility index (Phi) is 9.51. The van der Waals surface area contributed by atoms with Crippen LogP contribution in [0.25, 0.3) is 32.3 Å². The smallest absolute Gasteiger partial charge is 0.259 e. The molecule has 0 amide bonds. The number of hydrogen-bond acceptors (Lipinski definition) is 4. The van der Waals surface area contributed by atoms with E-state index in [4.69, 9.17) is 14.3 Å². The molecule has 0 aliphatic heterocycles. The van der Waals surface area contributed by atoms with E-state index in [2.05, 4.69) is 129 Å². The zero-order chi connectivity index (χ0) is 28.8. The van der Waals surface area contributed by atoms with Gasteiger partial charge in [0, 0.05) is 23.2 Å². The second-order valence-electron chi connectivity index (χ2n) is 10.9. The molecule has 0 bridgehead atoms. The molecule has 5 aromatic rings. The normalized spacial score (nSPS) is 12.4. The number of aryl methyl sites for hydroxylation is 1. The average molecular weight is 561 g/mol. The largest absolute Gasteiger partial charge is 0.322 e. The van der Waals surface area contributed by atoms with Crippen molar-refractivity contribution in [1.82, 2.24) is 4.67 Å². The van der Waals surface area contributed by atoms with Gasteiger partial charge in [-0.15, -0.1) is 0 Å². The zero-order valence-electron chi connectivity index (χ0n) is 24.4. The number of hydrogen-bond donors (Lipinski definition) is 0. The highest BCUT2D eigenvalue weighted by Crippen LogP contribution is 2.46. The second-order valence-corrected chi connectivity index (χ2v) is 12.4. The van der Waals surface area contributed by atoms with E-state index in [1.165, 1.54) is 37.9 Å². The standard InChI is InChI=1S/C36H37N2O2P/c1-26(2)38(27(3)4)41(40-25-7-23-37)39-24-6-8-28-11-13-29(14-12-28)15-16-30-17-18-33-20-19-31-9-5-10-32-21-22-34(30)36(33)35(31)32/h5,9-14,17-22,26-27H,6-8,24-25H2,1-4H3. The predicted molar refractivity (Wildman–Crippen MR) is 172 cm³/mol. The monoisotopic (exact) mass is 560 g/mol. The van der Waals surface area contributed by atoms with E-state index < -0.39 is 8.53 Å². The maximum atomic E-state index is 8.90. The molecule has 1 atom stereocenters. The third-order valence-electron chi connectivity index (χ3n) is 7.30. The van der Waals surface area contributed by atoms with Crippen LogP contribution in [0.2, 0.25) is 0 Å². The van der Waals surface area contributed by atoms with Gasteiger partial charge in [0.05, 0.1) is 25.7 Å². The lowest BCUT2D eigenvalue weighted by molar-refractivity contribution is 0.175. The molecule has 4 nitrogen and oxygen atoms in total. The highest BCUT2D eigenvalue weighted by atomic mass is 31.2. The molecule has 0 aliphatic carbocycles. The van der Waals surface area contributed by atoms with Crippen molar-refractivity contribution < 1.29 is 9.05 Å². The molecular formula is C36H37N2O2P. The number of nitriles is 1. The van der Waals surface area contributed by atoms with E-state index in [9.17, 15) is 0 Å². The Morgan fingerprint density at radius 3 is 2.05 bits per heavy atom. The van der Waals surface area contributed by atoms with Crippen LogP contribution < -0.4 is 0 Å². The van der Waals surface area contributed by atoms with Crippen molar-refractivity contribution >= 4 is 40.8 Å². The minimum Gasteiger partial charge on any atom is -0.322 e. The van der Waals surface area contributed by atoms with E-state index in [-0.39, 0.29) is 0 Å². The first-order valence-corrected chi connectivity index (χ1v) is 15.6. The van der Waals surface area contributed by atoms with Crippen molar-refractivity contribution in [2.45, 2.75) is 59.0 Å². The molecule has 0 spiro atoms. The summed E-state index contributed by atoms with van der Waals surface area (Å²) in [6.07, 6.45) is 2.20. The fourth-order valence-electron chi connectivity index (χ4n) is 5.47. The quantitative estimate of drug-likeness (QED) is 0.0699. The van der Waals surface area contributed by atoms with Crippen molar-refractivity contribution in [1.29, 1.82) is 5.26 Å². The first-order chi connectivity index (χ1) is 20.0. The van der Waals surface area contributed by atoms with Crippen LogP contribution in [0.3, 0.4) is 0 Å². The third-order valence-corrected chi connectivity index (χ3v) is 9.41. The van der Waals surface area contributed by atoms with Gasteiger partial charge in [0.25, 0.3) is 8.53 Å². The molecule has 1 unspecified atom stereocenters. The number of nitrogens with zero attached hydrogens (tertiary/aromatic N) is 2. The molecule has 0 heterocycles. The van der Waals surface area contributed by atoms with Crippen molar-refractivity contribution in [2.75, 3.05) is 13.2 Å². The van der Waals surface area contributed by atoms with Gasteiger partial charge in [0.2, 0.25) is 0 Å². The minimum absolute atomic E-state index is 0.304. The first-order valence-electron chi connectivity index (χ1n) is 14.4. The SMILES string of the molecule is CC(C)N(C(C)C)P(OCCC#N)OCCCc1ccc(C#Cc2ccc3ccc4cccc5ccc2c3c45)cc1. The van der Waals surface area contributed by atoms with E-state index in [1.807, 2.05) is 0 Å². The highest BCUT2D eigenvalue weighted by Gasteiger charge is 2.26. The summed E-state index contributed by atoms with van der Waals surface area (Å²) in [5.41, 5.74) is 3.33. The fraction of sp³-hybridized carbons (Fsp3) is 0.306. The van der Waals surface area contributed by atoms with Gasteiger partial charge in [0.1, 0.15) is 0 Å². The lowest BCUT2D eigenvalue weighted by atomic mass is 9.92. The summed E-state index contributed by atoms with van der Waals surface area (Å²) in [6.45, 7) is 9.63. The summed E-state index contributed by atoms with van der Waals surface area (Å²) < 4.78 is 14.5. The van der Waals surface area contributed by atoms with Crippen LogP contribution in [-0.4, -0.2) is 30.0 Å². The number of rotatable bonds is 11. The van der Waals surface area contributed by atoms with Gasteiger partial charge in [-0.1, -0.05) is 72.5 Å². The van der Waals surface area contributed by atoms with Crippen molar-refractivity contribution in [3.63, 3.8) is 0 Å². The molecule has 0 saturated carbocycles. The lowest BCUT2D eigenvalue weighted by Crippen LogP contribution is -2.33. The number of benzene rings is 5. The van der Waals surface area contributed by atoms with Gasteiger partial charge >= 0.3 is 0 Å². The summed E-state index contributed by atoms with van der Waals surface area (Å²) in [7, 11) is -1.19. The highest BCUT2D eigenvalue weighted by molar-refractivity contribution is 7.44. The molecule has 0 N–H and O–H groups in total. The van der Waals surface area contributed by atoms with Crippen LogP contribution in [0.1, 0.15) is 57.2 Å². The van der Waals surface area contributed by atoms with Crippen LogP contribution in [0.5, 0.6) is 0 Å². The van der Waals surface area contributed by atoms with Gasteiger partial charge in [-0.05, 0) is 96.6 Å². The Balaban J connectivity index is 1.23. The van der Waals surface area contributed by atoms with Gasteiger partial charge in [-0.25, -0.2) is 4.67 Å². The summed E-state index contributed by atoms with van der Waals surface area (Å²) in [4.78, 5) is 0. The van der Waals surface area contributed by atoms with Gasteiger partial charge in [0.15, 0.2) is 0 Å². The fourth-order valence-corrected chi connectivity index (χ4v) is 7.10. The molecule has 0 aliphatic rings. The van der Waals surface area contributed by atoms with Crippen LogP contribution in [-0.2, 0) is 15.5 Å². The average Bonchev–Trinajstić information content (AvgIpc) is 2.97. The molecule has 208 valence electrons. The Morgan fingerprint density at radius 1 is 0.732 bits per heavy atom. The molecule has 5 heteroatoms. The molecule has 5 aromatic carbocycles. The third kappa shape index (κ3) is 6.70. The molecule has 0 radical (unpaired) electrons. The Hall–Kier alpha value is -3.50. The van der Waals surface area contributed by atoms with Crippen LogP contribution in [0.4, 0.5) is 0 Å². The van der Waals surface area contributed by atoms with Crippen molar-refractivity contribution in [2.24, 2.45) is 0 Å². The molecule has 0 fully saturated rings. The molecule has 41 heavy (non-hydrogen) atoms. The van der Waals surface area contributed by atoms with E-state index in [1.54, 1.807) is 0 Å². The van der Waals surface area contributed by atoms with E-state index in [0.717, 1.165) is 24.0 Å². The molecule has 5 rings (SSSR count). The predicted octanol–water partition coefficient (Wildman–Crippen LogP) is 9.21.